The monoisotopic (exact) mass is 515 g/mol. The smallest absolute Gasteiger partial charge is 0.229 e. The van der Waals surface area contributed by atoms with Gasteiger partial charge in [0.15, 0.2) is 5.82 Å². The van der Waals surface area contributed by atoms with Gasteiger partial charge in [0.2, 0.25) is 5.95 Å². The van der Waals surface area contributed by atoms with Gasteiger partial charge in [-0.25, -0.2) is 4.98 Å². The van der Waals surface area contributed by atoms with Crippen molar-refractivity contribution in [2.24, 2.45) is 0 Å². The van der Waals surface area contributed by atoms with Gasteiger partial charge in [0.1, 0.15) is 10.8 Å². The molecule has 3 aromatic rings. The second-order valence-corrected chi connectivity index (χ2v) is 9.45. The molecule has 35 heavy (non-hydrogen) atoms. The van der Waals surface area contributed by atoms with E-state index in [-0.39, 0.29) is 0 Å². The van der Waals surface area contributed by atoms with Gasteiger partial charge in [0.05, 0.1) is 24.2 Å². The van der Waals surface area contributed by atoms with E-state index in [4.69, 9.17) is 16.3 Å². The molecule has 0 saturated heterocycles. The molecule has 0 fully saturated rings. The van der Waals surface area contributed by atoms with E-state index in [1.54, 1.807) is 6.20 Å². The van der Waals surface area contributed by atoms with Gasteiger partial charge in [0, 0.05) is 29.2 Å². The molecule has 3 rings (SSSR count). The molecule has 1 heterocycles. The highest BCUT2D eigenvalue weighted by Crippen LogP contribution is 2.33. The van der Waals surface area contributed by atoms with Crippen LogP contribution in [0.2, 0.25) is 5.02 Å². The van der Waals surface area contributed by atoms with Gasteiger partial charge >= 0.3 is 0 Å². The SMILES string of the molecule is CCOc1cc(NCC(CC)N(C)C)ccc1Nc1ncc(Cl)c(Nc2ccccc2SNC)n1. The zero-order chi connectivity index (χ0) is 25.2. The maximum atomic E-state index is 6.40. The average molecular weight is 516 g/mol. The Bertz CT molecular complexity index is 1100. The Hall–Kier alpha value is -2.72. The number of anilines is 5. The van der Waals surface area contributed by atoms with E-state index < -0.39 is 0 Å². The van der Waals surface area contributed by atoms with Crippen molar-refractivity contribution in [1.82, 2.24) is 19.6 Å². The molecule has 8 nitrogen and oxygen atoms in total. The fraction of sp³-hybridized carbons (Fsp3) is 0.360. The molecule has 0 bridgehead atoms. The fourth-order valence-corrected chi connectivity index (χ4v) is 4.20. The molecule has 4 N–H and O–H groups in total. The summed E-state index contributed by atoms with van der Waals surface area (Å²) in [6.07, 6.45) is 2.65. The number of halogens is 1. The standard InChI is InChI=1S/C25H34ClN7OS/c1-6-18(33(4)5)15-28-17-12-13-20(22(14-17)34-7-2)31-25-29-16-19(26)24(32-25)30-21-10-8-9-11-23(21)35-27-3/h8-14,16,18,27-28H,6-7,15H2,1-5H3,(H2,29,30,31,32). The summed E-state index contributed by atoms with van der Waals surface area (Å²) in [7, 11) is 6.08. The van der Waals surface area contributed by atoms with Crippen LogP contribution in [0.4, 0.5) is 28.8 Å². The number of aromatic nitrogens is 2. The van der Waals surface area contributed by atoms with Gasteiger partial charge in [-0.1, -0.05) is 30.7 Å². The van der Waals surface area contributed by atoms with Gasteiger partial charge in [0.25, 0.3) is 0 Å². The van der Waals surface area contributed by atoms with Gasteiger partial charge in [-0.15, -0.1) is 0 Å². The van der Waals surface area contributed by atoms with Crippen LogP contribution < -0.4 is 25.4 Å². The van der Waals surface area contributed by atoms with Crippen LogP contribution in [-0.4, -0.2) is 55.2 Å². The Balaban J connectivity index is 1.79. The van der Waals surface area contributed by atoms with Gasteiger partial charge in [-0.2, -0.15) is 4.98 Å². The first-order valence-electron chi connectivity index (χ1n) is 11.6. The van der Waals surface area contributed by atoms with Crippen molar-refractivity contribution in [2.75, 3.05) is 50.2 Å². The lowest BCUT2D eigenvalue weighted by Gasteiger charge is -2.24. The molecule has 188 valence electrons. The summed E-state index contributed by atoms with van der Waals surface area (Å²) < 4.78 is 9.00. The van der Waals surface area contributed by atoms with Gasteiger partial charge < -0.3 is 25.6 Å². The molecule has 1 unspecified atom stereocenters. The van der Waals surface area contributed by atoms with Crippen LogP contribution in [0.15, 0.2) is 53.6 Å². The number of hydrogen-bond acceptors (Lipinski definition) is 9. The largest absolute Gasteiger partial charge is 0.492 e. The van der Waals surface area contributed by atoms with Crippen molar-refractivity contribution in [3.05, 3.63) is 53.7 Å². The number of benzene rings is 2. The molecule has 0 aliphatic carbocycles. The molecule has 0 aliphatic heterocycles. The third kappa shape index (κ3) is 7.63. The first kappa shape index (κ1) is 26.9. The van der Waals surface area contributed by atoms with Crippen LogP contribution >= 0.6 is 23.5 Å². The summed E-state index contributed by atoms with van der Waals surface area (Å²) in [5.74, 6) is 1.65. The summed E-state index contributed by atoms with van der Waals surface area (Å²) in [6.45, 7) is 5.55. The Morgan fingerprint density at radius 3 is 2.60 bits per heavy atom. The molecule has 0 aliphatic rings. The minimum atomic E-state index is 0.413. The minimum absolute atomic E-state index is 0.413. The van der Waals surface area contributed by atoms with Crippen LogP contribution in [0, 0.1) is 0 Å². The van der Waals surface area contributed by atoms with E-state index >= 15 is 0 Å². The Morgan fingerprint density at radius 2 is 1.89 bits per heavy atom. The van der Waals surface area contributed by atoms with E-state index in [9.17, 15) is 0 Å². The third-order valence-corrected chi connectivity index (χ3v) is 6.42. The first-order chi connectivity index (χ1) is 16.9. The highest BCUT2D eigenvalue weighted by Gasteiger charge is 2.13. The molecule has 1 aromatic heterocycles. The van der Waals surface area contributed by atoms with Crippen molar-refractivity contribution in [3.63, 3.8) is 0 Å². The van der Waals surface area contributed by atoms with Crippen molar-refractivity contribution in [3.8, 4) is 5.75 Å². The van der Waals surface area contributed by atoms with Gasteiger partial charge in [-0.05, 0) is 70.7 Å². The molecule has 2 aromatic carbocycles. The number of nitrogens with one attached hydrogen (secondary N) is 4. The summed E-state index contributed by atoms with van der Waals surface area (Å²) in [5.41, 5.74) is 2.67. The van der Waals surface area contributed by atoms with Crippen LogP contribution in [0.25, 0.3) is 0 Å². The highest BCUT2D eigenvalue weighted by molar-refractivity contribution is 7.97. The molecule has 0 amide bonds. The van der Waals surface area contributed by atoms with Crippen LogP contribution in [0.5, 0.6) is 5.75 Å². The minimum Gasteiger partial charge on any atom is -0.492 e. The van der Waals surface area contributed by atoms with Crippen LogP contribution in [0.3, 0.4) is 0 Å². The van der Waals surface area contributed by atoms with Crippen molar-refractivity contribution in [1.29, 1.82) is 0 Å². The lowest BCUT2D eigenvalue weighted by atomic mass is 10.2. The van der Waals surface area contributed by atoms with Crippen molar-refractivity contribution < 1.29 is 4.74 Å². The second kappa shape index (κ2) is 13.4. The van der Waals surface area contributed by atoms with Crippen molar-refractivity contribution >= 4 is 52.4 Å². The van der Waals surface area contributed by atoms with E-state index in [0.29, 0.717) is 29.4 Å². The van der Waals surface area contributed by atoms with E-state index in [1.165, 1.54) is 11.9 Å². The fourth-order valence-electron chi connectivity index (χ4n) is 3.47. The third-order valence-electron chi connectivity index (χ3n) is 5.37. The molecular weight excluding hydrogens is 482 g/mol. The Morgan fingerprint density at radius 1 is 1.09 bits per heavy atom. The predicted molar refractivity (Wildman–Crippen MR) is 149 cm³/mol. The number of likely N-dealkylation sites (N-methyl/N-ethyl adjacent to an activating group) is 1. The second-order valence-electron chi connectivity index (χ2n) is 7.99. The van der Waals surface area contributed by atoms with Crippen LogP contribution in [-0.2, 0) is 0 Å². The molecule has 0 spiro atoms. The molecule has 10 heteroatoms. The summed E-state index contributed by atoms with van der Waals surface area (Å²) in [6, 6.07) is 14.4. The summed E-state index contributed by atoms with van der Waals surface area (Å²) >= 11 is 7.91. The van der Waals surface area contributed by atoms with Crippen LogP contribution in [0.1, 0.15) is 20.3 Å². The molecule has 0 radical (unpaired) electrons. The lowest BCUT2D eigenvalue weighted by Crippen LogP contribution is -2.33. The number of rotatable bonds is 13. The number of nitrogens with zero attached hydrogens (tertiary/aromatic N) is 3. The molecular formula is C25H34ClN7OS. The predicted octanol–water partition coefficient (Wildman–Crippen LogP) is 5.99. The summed E-state index contributed by atoms with van der Waals surface area (Å²) in [4.78, 5) is 12.2. The Kier molecular flexibility index (Phi) is 10.3. The first-order valence-corrected chi connectivity index (χ1v) is 12.8. The van der Waals surface area contributed by atoms with Crippen molar-refractivity contribution in [2.45, 2.75) is 31.2 Å². The Labute approximate surface area is 217 Å². The highest BCUT2D eigenvalue weighted by atomic mass is 35.5. The topological polar surface area (TPSA) is 86.4 Å². The lowest BCUT2D eigenvalue weighted by molar-refractivity contribution is 0.298. The average Bonchev–Trinajstić information content (AvgIpc) is 2.84. The van der Waals surface area contributed by atoms with Gasteiger partial charge in [-0.3, -0.25) is 4.72 Å². The van der Waals surface area contributed by atoms with E-state index in [2.05, 4.69) is 56.6 Å². The number of para-hydroxylation sites is 1. The summed E-state index contributed by atoms with van der Waals surface area (Å²) in [5, 5.41) is 10.5. The normalized spacial score (nSPS) is 11.9. The zero-order valence-electron chi connectivity index (χ0n) is 20.9. The van der Waals surface area contributed by atoms with E-state index in [1.807, 2.05) is 56.4 Å². The molecule has 0 saturated carbocycles. The zero-order valence-corrected chi connectivity index (χ0v) is 22.4. The number of ether oxygens (including phenoxy) is 1. The van der Waals surface area contributed by atoms with E-state index in [0.717, 1.165) is 40.7 Å². The number of hydrogen-bond donors (Lipinski definition) is 4. The molecule has 1 atom stereocenters. The maximum Gasteiger partial charge on any atom is 0.229 e. The maximum absolute atomic E-state index is 6.40. The quantitative estimate of drug-likeness (QED) is 0.205.